The molecule has 2 aliphatic rings. The maximum absolute atomic E-state index is 13.5. The molecule has 37 heavy (non-hydrogen) atoms. The largest absolute Gasteiger partial charge is 0.463 e. The molecule has 1 aromatic rings. The highest BCUT2D eigenvalue weighted by molar-refractivity contribution is 8.26. The van der Waals surface area contributed by atoms with Crippen molar-refractivity contribution in [3.8, 4) is 0 Å². The summed E-state index contributed by atoms with van der Waals surface area (Å²) in [5, 5.41) is 0. The summed E-state index contributed by atoms with van der Waals surface area (Å²) < 4.78 is 27.4. The van der Waals surface area contributed by atoms with Gasteiger partial charge in [0.15, 0.2) is 28.9 Å². The summed E-state index contributed by atoms with van der Waals surface area (Å²) in [7, 11) is 0. The minimum atomic E-state index is -1.43. The number of carbonyl (C=O) groups excluding carboxylic acids is 5. The molecule has 5 atom stereocenters. The van der Waals surface area contributed by atoms with Gasteiger partial charge in [0.25, 0.3) is 5.91 Å². The van der Waals surface area contributed by atoms with Crippen molar-refractivity contribution < 1.29 is 47.7 Å². The van der Waals surface area contributed by atoms with E-state index in [0.717, 1.165) is 43.0 Å². The Hall–Kier alpha value is -3.29. The molecular weight excluding hydrogens is 526 g/mol. The Labute approximate surface area is 222 Å². The zero-order chi connectivity index (χ0) is 27.3. The molecule has 2 heterocycles. The van der Waals surface area contributed by atoms with Crippen LogP contribution in [0.25, 0.3) is 6.08 Å². The Kier molecular flexibility index (Phi) is 9.40. The van der Waals surface area contributed by atoms with E-state index in [2.05, 4.69) is 0 Å². The number of ether oxygens (including phenoxy) is 5. The van der Waals surface area contributed by atoms with Crippen molar-refractivity contribution in [1.82, 2.24) is 4.90 Å². The topological polar surface area (TPSA) is 135 Å². The van der Waals surface area contributed by atoms with Gasteiger partial charge in [-0.3, -0.25) is 28.9 Å². The van der Waals surface area contributed by atoms with Crippen molar-refractivity contribution in [3.05, 3.63) is 40.8 Å². The molecule has 0 saturated carbocycles. The van der Waals surface area contributed by atoms with E-state index in [1.54, 1.807) is 18.2 Å². The van der Waals surface area contributed by atoms with Crippen molar-refractivity contribution in [3.63, 3.8) is 0 Å². The first-order chi connectivity index (χ1) is 17.5. The third kappa shape index (κ3) is 7.14. The van der Waals surface area contributed by atoms with Crippen LogP contribution in [0.4, 0.5) is 0 Å². The highest BCUT2D eigenvalue weighted by atomic mass is 32.2. The van der Waals surface area contributed by atoms with Crippen molar-refractivity contribution in [2.24, 2.45) is 0 Å². The summed E-state index contributed by atoms with van der Waals surface area (Å²) in [4.78, 5) is 62.3. The van der Waals surface area contributed by atoms with Gasteiger partial charge in [0.05, 0.1) is 4.91 Å². The summed E-state index contributed by atoms with van der Waals surface area (Å²) in [6.45, 7) is 4.11. The average molecular weight is 552 g/mol. The lowest BCUT2D eigenvalue weighted by molar-refractivity contribution is -0.268. The lowest BCUT2D eigenvalue weighted by Crippen LogP contribution is -2.66. The molecule has 2 aliphatic heterocycles. The lowest BCUT2D eigenvalue weighted by atomic mass is 9.96. The normalized spacial score (nSPS) is 26.5. The predicted molar refractivity (Wildman–Crippen MR) is 133 cm³/mol. The molecule has 0 N–H and O–H groups in total. The van der Waals surface area contributed by atoms with E-state index in [4.69, 9.17) is 35.9 Å². The summed E-state index contributed by atoms with van der Waals surface area (Å²) in [5.41, 5.74) is 0.754. The maximum Gasteiger partial charge on any atom is 0.303 e. The minimum absolute atomic E-state index is 0.0908. The van der Waals surface area contributed by atoms with Gasteiger partial charge in [-0.05, 0) is 11.6 Å². The third-order valence-corrected chi connectivity index (χ3v) is 6.47. The number of rotatable bonds is 7. The zero-order valence-corrected chi connectivity index (χ0v) is 22.0. The SMILES string of the molecule is CC(=O)OC[C@@H]1O[C@@H](N2C(=O)/C(=C\c3ccccc3)SC2=S)[C@@H](OC(C)=O)[C@@H](OC(C)=O)[C@H]1OC(C)=O. The van der Waals surface area contributed by atoms with Gasteiger partial charge in [0, 0.05) is 27.7 Å². The molecule has 0 aliphatic carbocycles. The number of hydrogen-bond donors (Lipinski definition) is 0. The second kappa shape index (κ2) is 12.3. The van der Waals surface area contributed by atoms with Gasteiger partial charge in [-0.15, -0.1) is 0 Å². The molecule has 198 valence electrons. The van der Waals surface area contributed by atoms with Crippen molar-refractivity contribution in [2.75, 3.05) is 6.61 Å². The Morgan fingerprint density at radius 1 is 0.919 bits per heavy atom. The summed E-state index contributed by atoms with van der Waals surface area (Å²) in [6.07, 6.45) is -5.12. The smallest absolute Gasteiger partial charge is 0.303 e. The van der Waals surface area contributed by atoms with E-state index in [1.165, 1.54) is 6.92 Å². The first-order valence-electron chi connectivity index (χ1n) is 11.1. The van der Waals surface area contributed by atoms with Gasteiger partial charge in [0.1, 0.15) is 12.7 Å². The number of hydrogen-bond acceptors (Lipinski definition) is 12. The third-order valence-electron chi connectivity index (χ3n) is 5.14. The van der Waals surface area contributed by atoms with Crippen LogP contribution in [-0.4, -0.2) is 76.3 Å². The summed E-state index contributed by atoms with van der Waals surface area (Å²) >= 11 is 6.46. The minimum Gasteiger partial charge on any atom is -0.463 e. The standard InChI is InChI=1S/C24H25NO10S2/c1-12(26)31-11-17-19(32-13(2)27)20(33-14(3)28)21(34-15(4)29)23(35-17)25-22(30)18(37-24(25)36)10-16-8-6-5-7-9-16/h5-10,17,19-21,23H,11H2,1-4H3/b18-10+/t17-,19-,20-,21-,23+/m0/s1. The van der Waals surface area contributed by atoms with Crippen LogP contribution in [0.2, 0.25) is 0 Å². The van der Waals surface area contributed by atoms with Gasteiger partial charge < -0.3 is 23.7 Å². The number of esters is 4. The fourth-order valence-corrected chi connectivity index (χ4v) is 5.12. The molecule has 1 aromatic carbocycles. The van der Waals surface area contributed by atoms with Crippen LogP contribution in [0.3, 0.4) is 0 Å². The summed E-state index contributed by atoms with van der Waals surface area (Å²) in [5.74, 6) is -3.50. The number of amides is 1. The van der Waals surface area contributed by atoms with E-state index in [0.29, 0.717) is 0 Å². The highest BCUT2D eigenvalue weighted by Crippen LogP contribution is 2.39. The maximum atomic E-state index is 13.5. The number of carbonyl (C=O) groups is 5. The summed E-state index contributed by atoms with van der Waals surface area (Å²) in [6, 6.07) is 9.07. The average Bonchev–Trinajstić information content (AvgIpc) is 3.07. The van der Waals surface area contributed by atoms with Crippen LogP contribution in [0.15, 0.2) is 35.2 Å². The van der Waals surface area contributed by atoms with Crippen LogP contribution in [0.1, 0.15) is 33.3 Å². The molecule has 13 heteroatoms. The molecule has 11 nitrogen and oxygen atoms in total. The van der Waals surface area contributed by atoms with Crippen LogP contribution in [-0.2, 0) is 47.7 Å². The Morgan fingerprint density at radius 2 is 1.49 bits per heavy atom. The molecular formula is C24H25NO10S2. The van der Waals surface area contributed by atoms with Gasteiger partial charge in [-0.2, -0.15) is 0 Å². The van der Waals surface area contributed by atoms with Gasteiger partial charge in [-0.1, -0.05) is 54.3 Å². The second-order valence-corrected chi connectivity index (χ2v) is 9.73. The van der Waals surface area contributed by atoms with Crippen LogP contribution in [0, 0.1) is 0 Å². The van der Waals surface area contributed by atoms with Gasteiger partial charge in [0.2, 0.25) is 0 Å². The molecule has 0 unspecified atom stereocenters. The molecule has 2 saturated heterocycles. The van der Waals surface area contributed by atoms with E-state index in [1.807, 2.05) is 18.2 Å². The monoisotopic (exact) mass is 551 g/mol. The molecule has 1 amide bonds. The van der Waals surface area contributed by atoms with Crippen molar-refractivity contribution in [2.45, 2.75) is 58.3 Å². The Bertz CT molecular complexity index is 1120. The highest BCUT2D eigenvalue weighted by Gasteiger charge is 2.56. The van der Waals surface area contributed by atoms with E-state index < -0.39 is 67.0 Å². The van der Waals surface area contributed by atoms with Crippen molar-refractivity contribution in [1.29, 1.82) is 0 Å². The molecule has 0 radical (unpaired) electrons. The van der Waals surface area contributed by atoms with E-state index >= 15 is 0 Å². The molecule has 0 bridgehead atoms. The molecule has 3 rings (SSSR count). The first-order valence-corrected chi connectivity index (χ1v) is 12.3. The van der Waals surface area contributed by atoms with Gasteiger partial charge in [-0.25, -0.2) is 0 Å². The number of benzene rings is 1. The second-order valence-electron chi connectivity index (χ2n) is 8.05. The van der Waals surface area contributed by atoms with Crippen molar-refractivity contribution >= 4 is 64.2 Å². The zero-order valence-electron chi connectivity index (χ0n) is 20.4. The first kappa shape index (κ1) is 28.3. The lowest BCUT2D eigenvalue weighted by Gasteiger charge is -2.46. The molecule has 2 fully saturated rings. The van der Waals surface area contributed by atoms with Crippen LogP contribution < -0.4 is 0 Å². The molecule has 0 spiro atoms. The Morgan fingerprint density at radius 3 is 2.05 bits per heavy atom. The number of thioether (sulfide) groups is 1. The molecule has 0 aromatic heterocycles. The van der Waals surface area contributed by atoms with Crippen LogP contribution in [0.5, 0.6) is 0 Å². The fourth-order valence-electron chi connectivity index (χ4n) is 3.81. The number of nitrogens with zero attached hydrogens (tertiary/aromatic N) is 1. The predicted octanol–water partition coefficient (Wildman–Crippen LogP) is 1.97. The fraction of sp³-hybridized carbons (Fsp3) is 0.417. The van der Waals surface area contributed by atoms with E-state index in [9.17, 15) is 24.0 Å². The van der Waals surface area contributed by atoms with E-state index in [-0.39, 0.29) is 9.23 Å². The van der Waals surface area contributed by atoms with Crippen LogP contribution >= 0.6 is 24.0 Å². The van der Waals surface area contributed by atoms with Gasteiger partial charge >= 0.3 is 23.9 Å². The Balaban J connectivity index is 2.05. The number of thiocarbonyl (C=S) groups is 1. The quantitative estimate of drug-likeness (QED) is 0.212.